The molecule has 1 aromatic rings. The summed E-state index contributed by atoms with van der Waals surface area (Å²) in [7, 11) is 0. The van der Waals surface area contributed by atoms with Crippen LogP contribution in [-0.4, -0.2) is 34.8 Å². The zero-order valence-electron chi connectivity index (χ0n) is 13.1. The third kappa shape index (κ3) is 2.23. The van der Waals surface area contributed by atoms with Gasteiger partial charge >= 0.3 is 11.9 Å². The van der Waals surface area contributed by atoms with Gasteiger partial charge in [0, 0.05) is 11.5 Å². The van der Waals surface area contributed by atoms with Crippen LogP contribution in [0.2, 0.25) is 0 Å². The van der Waals surface area contributed by atoms with E-state index >= 15 is 0 Å². The van der Waals surface area contributed by atoms with E-state index in [0.29, 0.717) is 5.56 Å². The summed E-state index contributed by atoms with van der Waals surface area (Å²) in [6, 6.07) is 8.74. The Kier molecular flexibility index (Phi) is 3.75. The van der Waals surface area contributed by atoms with Crippen LogP contribution in [0.3, 0.4) is 0 Å². The fourth-order valence-electron chi connectivity index (χ4n) is 4.44. The van der Waals surface area contributed by atoms with Gasteiger partial charge in [-0.15, -0.1) is 0 Å². The van der Waals surface area contributed by atoms with E-state index in [2.05, 4.69) is 15.9 Å². The van der Waals surface area contributed by atoms with Gasteiger partial charge in [-0.2, -0.15) is 0 Å². The van der Waals surface area contributed by atoms with Gasteiger partial charge in [0.1, 0.15) is 6.10 Å². The van der Waals surface area contributed by atoms with Crippen LogP contribution in [0.15, 0.2) is 30.3 Å². The zero-order valence-corrected chi connectivity index (χ0v) is 14.6. The van der Waals surface area contributed by atoms with E-state index in [1.807, 2.05) is 6.07 Å². The molecule has 2 saturated carbocycles. The van der Waals surface area contributed by atoms with Gasteiger partial charge in [-0.05, 0) is 19.3 Å². The number of carbonyl (C=O) groups is 3. The topological polar surface area (TPSA) is 69.7 Å². The number of benzene rings is 1. The number of Topliss-reactive ketones (excluding diaryl/α,β-unsaturated/α-hetero) is 1. The van der Waals surface area contributed by atoms with E-state index in [1.54, 1.807) is 31.2 Å². The molecule has 6 heteroatoms. The highest BCUT2D eigenvalue weighted by Crippen LogP contribution is 2.60. The minimum Gasteiger partial charge on any atom is -0.461 e. The molecule has 1 aliphatic heterocycles. The molecule has 3 fully saturated rings. The van der Waals surface area contributed by atoms with Crippen molar-refractivity contribution < 1.29 is 23.9 Å². The predicted molar refractivity (Wildman–Crippen MR) is 87.5 cm³/mol. The number of halogens is 1. The summed E-state index contributed by atoms with van der Waals surface area (Å²) in [5.74, 6) is -1.83. The molecular weight excluding hydrogens is 376 g/mol. The van der Waals surface area contributed by atoms with E-state index in [4.69, 9.17) is 9.47 Å². The van der Waals surface area contributed by atoms with Crippen LogP contribution in [0, 0.1) is 23.7 Å². The lowest BCUT2D eigenvalue weighted by Gasteiger charge is -2.27. The molecule has 126 valence electrons. The van der Waals surface area contributed by atoms with E-state index in [0.717, 1.165) is 6.42 Å². The molecule has 0 amide bonds. The second kappa shape index (κ2) is 5.69. The molecule has 0 radical (unpaired) electrons. The Morgan fingerprint density at radius 2 is 1.96 bits per heavy atom. The maximum Gasteiger partial charge on any atom is 0.310 e. The number of ether oxygens (including phenoxy) is 2. The van der Waals surface area contributed by atoms with Crippen LogP contribution in [-0.2, 0) is 19.1 Å². The summed E-state index contributed by atoms with van der Waals surface area (Å²) >= 11 is 3.56. The molecule has 1 saturated heterocycles. The van der Waals surface area contributed by atoms with Gasteiger partial charge in [-0.3, -0.25) is 14.4 Å². The second-order valence-corrected chi connectivity index (χ2v) is 7.83. The molecule has 0 aromatic heterocycles. The van der Waals surface area contributed by atoms with E-state index < -0.39 is 23.9 Å². The Bertz CT molecular complexity index is 703. The predicted octanol–water partition coefficient (Wildman–Crippen LogP) is 2.37. The van der Waals surface area contributed by atoms with Crippen molar-refractivity contribution in [2.75, 3.05) is 0 Å². The van der Waals surface area contributed by atoms with Crippen molar-refractivity contribution in [1.82, 2.24) is 0 Å². The average Bonchev–Trinajstić information content (AvgIpc) is 3.19. The first-order chi connectivity index (χ1) is 11.5. The Morgan fingerprint density at radius 1 is 1.25 bits per heavy atom. The molecule has 2 aliphatic carbocycles. The Morgan fingerprint density at radius 3 is 2.67 bits per heavy atom. The summed E-state index contributed by atoms with van der Waals surface area (Å²) < 4.78 is 10.8. The largest absolute Gasteiger partial charge is 0.461 e. The molecule has 0 N–H and O–H groups in total. The number of ketones is 1. The highest BCUT2D eigenvalue weighted by atomic mass is 79.9. The molecular formula is C18H17BrO5. The summed E-state index contributed by atoms with van der Waals surface area (Å²) in [5.41, 5.74) is 0.504. The zero-order chi connectivity index (χ0) is 17.0. The van der Waals surface area contributed by atoms with Crippen molar-refractivity contribution in [3.05, 3.63) is 35.9 Å². The SMILES string of the molecule is C[C@H](OC(=O)[C@@H]1[C@H]2C[C@H]3[C@H](OC(=O)[C@@H]31)[C@H]2Br)C(=O)c1ccccc1. The van der Waals surface area contributed by atoms with Gasteiger partial charge in [0.15, 0.2) is 6.10 Å². The maximum absolute atomic E-state index is 12.7. The summed E-state index contributed by atoms with van der Waals surface area (Å²) in [6.45, 7) is 1.57. The number of rotatable bonds is 4. The lowest BCUT2D eigenvalue weighted by atomic mass is 9.80. The van der Waals surface area contributed by atoms with E-state index in [1.165, 1.54) is 0 Å². The fourth-order valence-corrected chi connectivity index (χ4v) is 5.48. The number of hydrogen-bond acceptors (Lipinski definition) is 5. The molecule has 3 aliphatic rings. The molecule has 0 spiro atoms. The normalized spacial score (nSPS) is 37.2. The first-order valence-electron chi connectivity index (χ1n) is 8.13. The van der Waals surface area contributed by atoms with Gasteiger partial charge in [0.25, 0.3) is 0 Å². The van der Waals surface area contributed by atoms with Gasteiger partial charge in [-0.25, -0.2) is 0 Å². The molecule has 5 nitrogen and oxygen atoms in total. The van der Waals surface area contributed by atoms with Crippen LogP contribution in [0.5, 0.6) is 0 Å². The first-order valence-corrected chi connectivity index (χ1v) is 9.05. The quantitative estimate of drug-likeness (QED) is 0.446. The summed E-state index contributed by atoms with van der Waals surface area (Å²) in [6.07, 6.45) is -0.210. The van der Waals surface area contributed by atoms with Crippen molar-refractivity contribution >= 4 is 33.7 Å². The van der Waals surface area contributed by atoms with Crippen LogP contribution in [0.25, 0.3) is 0 Å². The number of fused-ring (bicyclic) bond motifs is 1. The minimum atomic E-state index is -0.874. The van der Waals surface area contributed by atoms with Gasteiger partial charge in [0.05, 0.1) is 16.7 Å². The van der Waals surface area contributed by atoms with Crippen molar-refractivity contribution in [3.8, 4) is 0 Å². The average molecular weight is 393 g/mol. The van der Waals surface area contributed by atoms with Crippen LogP contribution >= 0.6 is 15.9 Å². The molecule has 1 aromatic carbocycles. The maximum atomic E-state index is 12.7. The van der Waals surface area contributed by atoms with Crippen LogP contribution in [0.4, 0.5) is 0 Å². The first kappa shape index (κ1) is 15.8. The van der Waals surface area contributed by atoms with Gasteiger partial charge in [-0.1, -0.05) is 46.3 Å². The number of carbonyl (C=O) groups excluding carboxylic acids is 3. The van der Waals surface area contributed by atoms with Crippen molar-refractivity contribution in [2.24, 2.45) is 23.7 Å². The van der Waals surface area contributed by atoms with Gasteiger partial charge < -0.3 is 9.47 Å². The molecule has 4 rings (SSSR count). The minimum absolute atomic E-state index is 0.0112. The van der Waals surface area contributed by atoms with E-state index in [-0.39, 0.29) is 34.5 Å². The third-order valence-corrected chi connectivity index (χ3v) is 6.72. The Labute approximate surface area is 147 Å². The summed E-state index contributed by atoms with van der Waals surface area (Å²) in [5, 5.41) is 0. The Hall–Kier alpha value is -1.69. The van der Waals surface area contributed by atoms with Crippen molar-refractivity contribution in [2.45, 2.75) is 30.4 Å². The standard InChI is InChI=1S/C18H17BrO5/c1-8(15(20)9-5-3-2-4-6-9)23-17(21)12-10-7-11-13(12)18(22)24-16(11)14(10)19/h2-6,8,10-14,16H,7H2,1H3/t8-,10+,11+,12+,13-,14-,16-/m0/s1. The summed E-state index contributed by atoms with van der Waals surface area (Å²) in [4.78, 5) is 37.1. The molecule has 24 heavy (non-hydrogen) atoms. The Balaban J connectivity index is 1.49. The van der Waals surface area contributed by atoms with E-state index in [9.17, 15) is 14.4 Å². The smallest absolute Gasteiger partial charge is 0.310 e. The second-order valence-electron chi connectivity index (χ2n) is 6.77. The number of esters is 2. The van der Waals surface area contributed by atoms with Crippen molar-refractivity contribution in [1.29, 1.82) is 0 Å². The van der Waals surface area contributed by atoms with Crippen LogP contribution < -0.4 is 0 Å². The molecule has 2 bridgehead atoms. The third-order valence-electron chi connectivity index (χ3n) is 5.52. The highest BCUT2D eigenvalue weighted by molar-refractivity contribution is 9.09. The molecule has 7 atom stereocenters. The molecule has 1 heterocycles. The fraction of sp³-hybridized carbons (Fsp3) is 0.500. The van der Waals surface area contributed by atoms with Crippen molar-refractivity contribution in [3.63, 3.8) is 0 Å². The molecule has 0 unspecified atom stereocenters. The number of alkyl halides is 1. The number of hydrogen-bond donors (Lipinski definition) is 0. The highest BCUT2D eigenvalue weighted by Gasteiger charge is 2.68. The van der Waals surface area contributed by atoms with Gasteiger partial charge in [0.2, 0.25) is 5.78 Å². The lowest BCUT2D eigenvalue weighted by Crippen LogP contribution is -2.40. The van der Waals surface area contributed by atoms with Crippen LogP contribution in [0.1, 0.15) is 23.7 Å². The lowest BCUT2D eigenvalue weighted by molar-refractivity contribution is -0.157. The monoisotopic (exact) mass is 392 g/mol.